The predicted octanol–water partition coefficient (Wildman–Crippen LogP) is 3.86. The van der Waals surface area contributed by atoms with Gasteiger partial charge >= 0.3 is 0 Å². The SMILES string of the molecule is N#Cc1ccc(Nc2cccc(Cl)c2)c([N+](=O)[O-])c1. The van der Waals surface area contributed by atoms with Gasteiger partial charge in [-0.2, -0.15) is 5.26 Å². The summed E-state index contributed by atoms with van der Waals surface area (Å²) in [6, 6.07) is 13.0. The number of benzene rings is 2. The van der Waals surface area contributed by atoms with Crippen molar-refractivity contribution in [1.29, 1.82) is 5.26 Å². The molecule has 0 aromatic heterocycles. The maximum absolute atomic E-state index is 11.0. The summed E-state index contributed by atoms with van der Waals surface area (Å²) < 4.78 is 0. The fourth-order valence-electron chi connectivity index (χ4n) is 1.58. The Morgan fingerprint density at radius 1 is 1.26 bits per heavy atom. The second kappa shape index (κ2) is 5.38. The Bertz CT molecular complexity index is 680. The van der Waals surface area contributed by atoms with E-state index in [-0.39, 0.29) is 11.3 Å². The largest absolute Gasteiger partial charge is 0.350 e. The molecular weight excluding hydrogens is 266 g/mol. The van der Waals surface area contributed by atoms with Crippen molar-refractivity contribution < 1.29 is 4.92 Å². The van der Waals surface area contributed by atoms with E-state index in [4.69, 9.17) is 16.9 Å². The lowest BCUT2D eigenvalue weighted by molar-refractivity contribution is -0.383. The first-order valence-electron chi connectivity index (χ1n) is 5.31. The third-order valence-electron chi connectivity index (χ3n) is 2.43. The molecule has 0 fully saturated rings. The van der Waals surface area contributed by atoms with Crippen molar-refractivity contribution in [3.05, 3.63) is 63.2 Å². The van der Waals surface area contributed by atoms with Gasteiger partial charge in [-0.05, 0) is 30.3 Å². The van der Waals surface area contributed by atoms with E-state index in [0.717, 1.165) is 0 Å². The van der Waals surface area contributed by atoms with Crippen LogP contribution in [-0.2, 0) is 0 Å². The van der Waals surface area contributed by atoms with Gasteiger partial charge in [-0.3, -0.25) is 10.1 Å². The molecule has 0 unspecified atom stereocenters. The Morgan fingerprint density at radius 3 is 2.68 bits per heavy atom. The topological polar surface area (TPSA) is 79.0 Å². The summed E-state index contributed by atoms with van der Waals surface area (Å²) in [5.74, 6) is 0. The van der Waals surface area contributed by atoms with Crippen LogP contribution in [0, 0.1) is 21.4 Å². The summed E-state index contributed by atoms with van der Waals surface area (Å²) in [4.78, 5) is 10.4. The van der Waals surface area contributed by atoms with Crippen LogP contribution in [0.25, 0.3) is 0 Å². The Hall–Kier alpha value is -2.58. The van der Waals surface area contributed by atoms with E-state index in [9.17, 15) is 10.1 Å². The minimum atomic E-state index is -0.534. The van der Waals surface area contributed by atoms with Crippen LogP contribution in [-0.4, -0.2) is 4.92 Å². The van der Waals surface area contributed by atoms with E-state index in [2.05, 4.69) is 5.32 Å². The van der Waals surface area contributed by atoms with Gasteiger partial charge in [0, 0.05) is 16.8 Å². The molecule has 2 rings (SSSR count). The van der Waals surface area contributed by atoms with Crippen molar-refractivity contribution in [2.45, 2.75) is 0 Å². The van der Waals surface area contributed by atoms with Gasteiger partial charge in [0.25, 0.3) is 5.69 Å². The molecule has 0 saturated carbocycles. The highest BCUT2D eigenvalue weighted by atomic mass is 35.5. The van der Waals surface area contributed by atoms with Crippen LogP contribution < -0.4 is 5.32 Å². The molecule has 5 nitrogen and oxygen atoms in total. The summed E-state index contributed by atoms with van der Waals surface area (Å²) in [5, 5.41) is 23.2. The molecule has 19 heavy (non-hydrogen) atoms. The number of nitrogens with one attached hydrogen (secondary N) is 1. The van der Waals surface area contributed by atoms with Crippen molar-refractivity contribution in [3.63, 3.8) is 0 Å². The molecule has 6 heteroatoms. The van der Waals surface area contributed by atoms with Crippen molar-refractivity contribution in [2.75, 3.05) is 5.32 Å². The highest BCUT2D eigenvalue weighted by molar-refractivity contribution is 6.30. The second-order valence-corrected chi connectivity index (χ2v) is 4.17. The fraction of sp³-hybridized carbons (Fsp3) is 0. The number of nitrogens with zero attached hydrogens (tertiary/aromatic N) is 2. The van der Waals surface area contributed by atoms with Crippen molar-refractivity contribution in [3.8, 4) is 6.07 Å². The van der Waals surface area contributed by atoms with E-state index in [1.807, 2.05) is 6.07 Å². The molecule has 94 valence electrons. The lowest BCUT2D eigenvalue weighted by atomic mass is 10.2. The molecule has 0 amide bonds. The zero-order chi connectivity index (χ0) is 13.8. The molecule has 0 aliphatic rings. The molecule has 0 atom stereocenters. The number of nitro groups is 1. The van der Waals surface area contributed by atoms with Crippen LogP contribution in [0.2, 0.25) is 5.02 Å². The van der Waals surface area contributed by atoms with Gasteiger partial charge in [0.2, 0.25) is 0 Å². The van der Waals surface area contributed by atoms with Gasteiger partial charge in [0.1, 0.15) is 5.69 Å². The average molecular weight is 274 g/mol. The number of rotatable bonds is 3. The first-order chi connectivity index (χ1) is 9.10. The Balaban J connectivity index is 2.40. The maximum atomic E-state index is 11.0. The molecule has 2 aromatic carbocycles. The third kappa shape index (κ3) is 3.00. The molecule has 0 saturated heterocycles. The fourth-order valence-corrected chi connectivity index (χ4v) is 1.77. The smallest absolute Gasteiger partial charge is 0.293 e. The Morgan fingerprint density at radius 2 is 2.05 bits per heavy atom. The zero-order valence-corrected chi connectivity index (χ0v) is 10.4. The number of hydrogen-bond acceptors (Lipinski definition) is 4. The van der Waals surface area contributed by atoms with E-state index >= 15 is 0 Å². The van der Waals surface area contributed by atoms with E-state index in [1.165, 1.54) is 18.2 Å². The highest BCUT2D eigenvalue weighted by Gasteiger charge is 2.14. The van der Waals surface area contributed by atoms with Crippen molar-refractivity contribution in [2.24, 2.45) is 0 Å². The molecular formula is C13H8ClN3O2. The number of hydrogen-bond donors (Lipinski definition) is 1. The van der Waals surface area contributed by atoms with Gasteiger partial charge in [0.15, 0.2) is 0 Å². The summed E-state index contributed by atoms with van der Waals surface area (Å²) in [6.07, 6.45) is 0. The molecule has 2 aromatic rings. The van der Waals surface area contributed by atoms with Crippen molar-refractivity contribution >= 4 is 28.7 Å². The molecule has 0 spiro atoms. The molecule has 1 N–H and O–H groups in total. The van der Waals surface area contributed by atoms with Gasteiger partial charge in [-0.25, -0.2) is 0 Å². The summed E-state index contributed by atoms with van der Waals surface area (Å²) >= 11 is 5.84. The zero-order valence-electron chi connectivity index (χ0n) is 9.63. The van der Waals surface area contributed by atoms with Crippen LogP contribution >= 0.6 is 11.6 Å². The lowest BCUT2D eigenvalue weighted by Gasteiger charge is -2.07. The van der Waals surface area contributed by atoms with E-state index in [0.29, 0.717) is 16.4 Å². The van der Waals surface area contributed by atoms with Gasteiger partial charge in [0.05, 0.1) is 16.6 Å². The maximum Gasteiger partial charge on any atom is 0.293 e. The minimum Gasteiger partial charge on any atom is -0.350 e. The molecule has 0 aliphatic carbocycles. The number of halogens is 1. The van der Waals surface area contributed by atoms with E-state index in [1.54, 1.807) is 24.3 Å². The monoisotopic (exact) mass is 273 g/mol. The number of anilines is 2. The predicted molar refractivity (Wildman–Crippen MR) is 72.5 cm³/mol. The van der Waals surface area contributed by atoms with Crippen LogP contribution in [0.15, 0.2) is 42.5 Å². The van der Waals surface area contributed by atoms with E-state index < -0.39 is 4.92 Å². The summed E-state index contributed by atoms with van der Waals surface area (Å²) in [6.45, 7) is 0. The van der Waals surface area contributed by atoms with Crippen LogP contribution in [0.3, 0.4) is 0 Å². The molecule has 0 radical (unpaired) electrons. The van der Waals surface area contributed by atoms with Gasteiger partial charge < -0.3 is 5.32 Å². The quantitative estimate of drug-likeness (QED) is 0.680. The molecule has 0 heterocycles. The van der Waals surface area contributed by atoms with Crippen LogP contribution in [0.5, 0.6) is 0 Å². The number of nitriles is 1. The van der Waals surface area contributed by atoms with Crippen LogP contribution in [0.4, 0.5) is 17.1 Å². The second-order valence-electron chi connectivity index (χ2n) is 3.74. The van der Waals surface area contributed by atoms with Gasteiger partial charge in [-0.1, -0.05) is 17.7 Å². The first kappa shape index (κ1) is 12.9. The first-order valence-corrected chi connectivity index (χ1v) is 5.69. The highest BCUT2D eigenvalue weighted by Crippen LogP contribution is 2.29. The lowest BCUT2D eigenvalue weighted by Crippen LogP contribution is -1.97. The molecule has 0 bridgehead atoms. The van der Waals surface area contributed by atoms with Gasteiger partial charge in [-0.15, -0.1) is 0 Å². The normalized spacial score (nSPS) is 9.68. The third-order valence-corrected chi connectivity index (χ3v) is 2.66. The summed E-state index contributed by atoms with van der Waals surface area (Å²) in [5.41, 5.74) is 1.04. The standard InChI is InChI=1S/C13H8ClN3O2/c14-10-2-1-3-11(7-10)16-12-5-4-9(8-15)6-13(12)17(18)19/h1-7,16H. The Labute approximate surface area is 114 Å². The van der Waals surface area contributed by atoms with Crippen molar-refractivity contribution in [1.82, 2.24) is 0 Å². The molecule has 0 aliphatic heterocycles. The minimum absolute atomic E-state index is 0.154. The van der Waals surface area contributed by atoms with Crippen LogP contribution in [0.1, 0.15) is 5.56 Å². The number of nitro benzene ring substituents is 1. The summed E-state index contributed by atoms with van der Waals surface area (Å²) in [7, 11) is 0. The average Bonchev–Trinajstić information content (AvgIpc) is 2.39. The Kier molecular flexibility index (Phi) is 3.64.